The molecule has 0 saturated carbocycles. The van der Waals surface area contributed by atoms with Crippen molar-refractivity contribution < 1.29 is 0 Å². The summed E-state index contributed by atoms with van der Waals surface area (Å²) in [5.74, 6) is 1.31. The molecule has 0 radical (unpaired) electrons. The van der Waals surface area contributed by atoms with E-state index in [1.54, 1.807) is 23.1 Å². The van der Waals surface area contributed by atoms with E-state index in [1.165, 1.54) is 0 Å². The minimum atomic E-state index is 0.605. The fourth-order valence-electron chi connectivity index (χ4n) is 1.36. The number of aromatic nitrogens is 4. The van der Waals surface area contributed by atoms with Gasteiger partial charge in [0.1, 0.15) is 0 Å². The molecule has 0 spiro atoms. The molecule has 90 valence electrons. The van der Waals surface area contributed by atoms with Crippen LogP contribution >= 0.6 is 11.6 Å². The molecule has 0 unspecified atom stereocenters. The van der Waals surface area contributed by atoms with Crippen LogP contribution in [0.2, 0.25) is 5.02 Å². The highest BCUT2D eigenvalue weighted by Gasteiger charge is 2.05. The van der Waals surface area contributed by atoms with Gasteiger partial charge in [0.2, 0.25) is 5.95 Å². The van der Waals surface area contributed by atoms with Crippen LogP contribution in [0.3, 0.4) is 0 Å². The summed E-state index contributed by atoms with van der Waals surface area (Å²) in [7, 11) is 0. The molecule has 0 fully saturated rings. The fourth-order valence-corrected chi connectivity index (χ4v) is 1.49. The summed E-state index contributed by atoms with van der Waals surface area (Å²) in [5.41, 5.74) is 0.786. The Balaban J connectivity index is 2.26. The molecule has 2 rings (SSSR count). The summed E-state index contributed by atoms with van der Waals surface area (Å²) in [6.45, 7) is 4.80. The highest BCUT2D eigenvalue weighted by atomic mass is 35.5. The lowest BCUT2D eigenvalue weighted by molar-refractivity contribution is 0.824. The lowest BCUT2D eigenvalue weighted by atomic mass is 10.5. The molecule has 0 amide bonds. The number of anilines is 1. The second-order valence-electron chi connectivity index (χ2n) is 3.67. The molecule has 0 aromatic carbocycles. The Morgan fingerprint density at radius 1 is 1.47 bits per heavy atom. The van der Waals surface area contributed by atoms with Gasteiger partial charge in [-0.1, -0.05) is 18.5 Å². The predicted molar refractivity (Wildman–Crippen MR) is 67.7 cm³/mol. The van der Waals surface area contributed by atoms with Crippen LogP contribution in [-0.2, 0) is 0 Å². The van der Waals surface area contributed by atoms with Gasteiger partial charge in [-0.05, 0) is 13.3 Å². The number of nitrogens with one attached hydrogen (secondary N) is 1. The monoisotopic (exact) mass is 251 g/mol. The van der Waals surface area contributed by atoms with E-state index in [2.05, 4.69) is 27.3 Å². The molecular weight excluding hydrogens is 238 g/mol. The van der Waals surface area contributed by atoms with E-state index < -0.39 is 0 Å². The third kappa shape index (κ3) is 2.74. The Morgan fingerprint density at radius 3 is 2.94 bits per heavy atom. The summed E-state index contributed by atoms with van der Waals surface area (Å²) >= 11 is 5.96. The van der Waals surface area contributed by atoms with Gasteiger partial charge < -0.3 is 5.32 Å². The smallest absolute Gasteiger partial charge is 0.224 e. The maximum atomic E-state index is 5.96. The van der Waals surface area contributed by atoms with Crippen molar-refractivity contribution in [1.29, 1.82) is 0 Å². The van der Waals surface area contributed by atoms with Crippen molar-refractivity contribution in [3.05, 3.63) is 29.2 Å². The molecule has 1 N–H and O–H groups in total. The van der Waals surface area contributed by atoms with Crippen LogP contribution in [0.1, 0.15) is 19.0 Å². The molecule has 0 aliphatic rings. The number of halogens is 1. The van der Waals surface area contributed by atoms with E-state index in [0.29, 0.717) is 16.8 Å². The summed E-state index contributed by atoms with van der Waals surface area (Å²) in [4.78, 5) is 8.49. The van der Waals surface area contributed by atoms with E-state index in [9.17, 15) is 0 Å². The van der Waals surface area contributed by atoms with Crippen LogP contribution in [0.15, 0.2) is 18.5 Å². The number of nitrogens with zero attached hydrogens (tertiary/aromatic N) is 4. The second kappa shape index (κ2) is 5.14. The third-order valence-electron chi connectivity index (χ3n) is 2.25. The molecule has 6 heteroatoms. The van der Waals surface area contributed by atoms with Gasteiger partial charge in [0, 0.05) is 18.8 Å². The maximum Gasteiger partial charge on any atom is 0.224 e. The minimum Gasteiger partial charge on any atom is -0.354 e. The van der Waals surface area contributed by atoms with E-state index >= 15 is 0 Å². The van der Waals surface area contributed by atoms with Crippen molar-refractivity contribution >= 4 is 17.5 Å². The first-order chi connectivity index (χ1) is 8.20. The van der Waals surface area contributed by atoms with Crippen LogP contribution in [0.25, 0.3) is 5.82 Å². The Labute approximate surface area is 105 Å². The summed E-state index contributed by atoms with van der Waals surface area (Å²) in [6.07, 6.45) is 4.47. The van der Waals surface area contributed by atoms with Crippen molar-refractivity contribution in [3.8, 4) is 5.82 Å². The number of rotatable bonds is 4. The van der Waals surface area contributed by atoms with Gasteiger partial charge in [-0.15, -0.1) is 0 Å². The number of hydrogen-bond donors (Lipinski definition) is 1. The average Bonchev–Trinajstić information content (AvgIpc) is 2.68. The van der Waals surface area contributed by atoms with E-state index in [0.717, 1.165) is 18.7 Å². The topological polar surface area (TPSA) is 55.6 Å². The van der Waals surface area contributed by atoms with Crippen LogP contribution in [-0.4, -0.2) is 26.3 Å². The highest BCUT2D eigenvalue weighted by Crippen LogP contribution is 2.15. The van der Waals surface area contributed by atoms with Crippen LogP contribution in [0.5, 0.6) is 0 Å². The quantitative estimate of drug-likeness (QED) is 0.907. The number of aryl methyl sites for hydroxylation is 1. The van der Waals surface area contributed by atoms with Crippen LogP contribution in [0.4, 0.5) is 5.95 Å². The predicted octanol–water partition coefficient (Wildman–Crippen LogP) is 2.45. The van der Waals surface area contributed by atoms with E-state index in [4.69, 9.17) is 11.6 Å². The lowest BCUT2D eigenvalue weighted by Crippen LogP contribution is -2.07. The molecule has 0 saturated heterocycles. The van der Waals surface area contributed by atoms with Crippen LogP contribution in [0, 0.1) is 6.92 Å². The molecule has 2 heterocycles. The Kier molecular flexibility index (Phi) is 3.58. The largest absolute Gasteiger partial charge is 0.354 e. The Hall–Kier alpha value is -1.62. The average molecular weight is 252 g/mol. The van der Waals surface area contributed by atoms with Crippen molar-refractivity contribution in [3.63, 3.8) is 0 Å². The van der Waals surface area contributed by atoms with Crippen LogP contribution < -0.4 is 5.32 Å². The Morgan fingerprint density at radius 2 is 2.29 bits per heavy atom. The van der Waals surface area contributed by atoms with E-state index in [-0.39, 0.29) is 0 Å². The second-order valence-corrected chi connectivity index (χ2v) is 4.08. The maximum absolute atomic E-state index is 5.96. The molecule has 0 atom stereocenters. The minimum absolute atomic E-state index is 0.605. The van der Waals surface area contributed by atoms with Gasteiger partial charge in [-0.3, -0.25) is 0 Å². The highest BCUT2D eigenvalue weighted by molar-refractivity contribution is 6.31. The van der Waals surface area contributed by atoms with Crippen molar-refractivity contribution in [2.45, 2.75) is 20.3 Å². The molecule has 0 bridgehead atoms. The van der Waals surface area contributed by atoms with Gasteiger partial charge >= 0.3 is 0 Å². The Bertz CT molecular complexity index is 489. The first-order valence-corrected chi connectivity index (χ1v) is 5.87. The molecular formula is C11H14ClN5. The normalized spacial score (nSPS) is 10.5. The zero-order valence-electron chi connectivity index (χ0n) is 9.81. The SMILES string of the molecule is CCCNc1nccc(-n2cc(Cl)c(C)n2)n1. The van der Waals surface area contributed by atoms with Gasteiger partial charge in [-0.25, -0.2) is 9.67 Å². The lowest BCUT2D eigenvalue weighted by Gasteiger charge is -2.04. The molecule has 2 aromatic rings. The first kappa shape index (κ1) is 11.9. The third-order valence-corrected chi connectivity index (χ3v) is 2.62. The summed E-state index contributed by atoms with van der Waals surface area (Å²) < 4.78 is 1.65. The zero-order chi connectivity index (χ0) is 12.3. The fraction of sp³-hybridized carbons (Fsp3) is 0.364. The molecule has 0 aliphatic heterocycles. The number of hydrogen-bond acceptors (Lipinski definition) is 4. The van der Waals surface area contributed by atoms with Crippen molar-refractivity contribution in [2.24, 2.45) is 0 Å². The van der Waals surface area contributed by atoms with Crippen molar-refractivity contribution in [1.82, 2.24) is 19.7 Å². The van der Waals surface area contributed by atoms with E-state index in [1.807, 2.05) is 6.92 Å². The van der Waals surface area contributed by atoms with Crippen molar-refractivity contribution in [2.75, 3.05) is 11.9 Å². The summed E-state index contributed by atoms with van der Waals surface area (Å²) in [5, 5.41) is 8.03. The molecule has 17 heavy (non-hydrogen) atoms. The molecule has 0 aliphatic carbocycles. The van der Waals surface area contributed by atoms with Gasteiger partial charge in [0.25, 0.3) is 0 Å². The summed E-state index contributed by atoms with van der Waals surface area (Å²) in [6, 6.07) is 1.79. The van der Waals surface area contributed by atoms with Gasteiger partial charge in [0.15, 0.2) is 5.82 Å². The molecule has 2 aromatic heterocycles. The first-order valence-electron chi connectivity index (χ1n) is 5.49. The zero-order valence-corrected chi connectivity index (χ0v) is 10.6. The standard InChI is InChI=1S/C11H14ClN5/c1-3-5-13-11-14-6-4-10(15-11)17-7-9(12)8(2)16-17/h4,6-7H,3,5H2,1-2H3,(H,13,14,15). The van der Waals surface area contributed by atoms with Gasteiger partial charge in [0.05, 0.1) is 16.9 Å². The van der Waals surface area contributed by atoms with Gasteiger partial charge in [-0.2, -0.15) is 10.1 Å². The molecule has 5 nitrogen and oxygen atoms in total.